The van der Waals surface area contributed by atoms with Gasteiger partial charge in [0.15, 0.2) is 6.10 Å². The van der Waals surface area contributed by atoms with Crippen molar-refractivity contribution in [3.8, 4) is 5.75 Å². The zero-order valence-corrected chi connectivity index (χ0v) is 15.0. The number of methoxy groups -OCH3 is 1. The van der Waals surface area contributed by atoms with Crippen LogP contribution in [0, 0.1) is 0 Å². The molecule has 0 saturated carbocycles. The maximum Gasteiger partial charge on any atom is 0.308 e. The number of rotatable bonds is 5. The second-order valence-corrected chi connectivity index (χ2v) is 6.25. The van der Waals surface area contributed by atoms with E-state index in [1.54, 1.807) is 31.2 Å². The van der Waals surface area contributed by atoms with Crippen LogP contribution in [0.1, 0.15) is 13.3 Å². The van der Waals surface area contributed by atoms with Crippen LogP contribution >= 0.6 is 15.9 Å². The third-order valence-corrected chi connectivity index (χ3v) is 4.20. The van der Waals surface area contributed by atoms with Gasteiger partial charge in [-0.3, -0.25) is 14.4 Å². The number of nitrogens with one attached hydrogen (secondary N) is 1. The van der Waals surface area contributed by atoms with Crippen molar-refractivity contribution in [3.05, 3.63) is 28.7 Å². The van der Waals surface area contributed by atoms with E-state index >= 15 is 0 Å². The van der Waals surface area contributed by atoms with Crippen LogP contribution in [0.25, 0.3) is 0 Å². The van der Waals surface area contributed by atoms with Gasteiger partial charge in [0.25, 0.3) is 5.91 Å². The molecule has 1 N–H and O–H groups in total. The fraction of sp³-hybridized carbons (Fsp3) is 0.438. The predicted octanol–water partition coefficient (Wildman–Crippen LogP) is 1.11. The summed E-state index contributed by atoms with van der Waals surface area (Å²) in [4.78, 5) is 37.6. The third-order valence-electron chi connectivity index (χ3n) is 3.68. The molecule has 24 heavy (non-hydrogen) atoms. The van der Waals surface area contributed by atoms with E-state index < -0.39 is 18.1 Å². The van der Waals surface area contributed by atoms with E-state index in [2.05, 4.69) is 26.0 Å². The minimum atomic E-state index is -0.880. The van der Waals surface area contributed by atoms with Crippen LogP contribution in [0.5, 0.6) is 5.75 Å². The Morgan fingerprint density at radius 3 is 2.67 bits per heavy atom. The summed E-state index contributed by atoms with van der Waals surface area (Å²) >= 11 is 3.33. The molecule has 1 aromatic rings. The van der Waals surface area contributed by atoms with Gasteiger partial charge in [0.2, 0.25) is 5.91 Å². The van der Waals surface area contributed by atoms with E-state index in [4.69, 9.17) is 4.74 Å². The van der Waals surface area contributed by atoms with Gasteiger partial charge in [0.1, 0.15) is 11.8 Å². The van der Waals surface area contributed by atoms with Crippen LogP contribution in [-0.2, 0) is 19.1 Å². The number of carbonyl (C=O) groups is 3. The van der Waals surface area contributed by atoms with E-state index in [-0.39, 0.29) is 18.2 Å². The Morgan fingerprint density at radius 2 is 2.04 bits per heavy atom. The quantitative estimate of drug-likeness (QED) is 0.750. The van der Waals surface area contributed by atoms with Crippen molar-refractivity contribution < 1.29 is 23.9 Å². The van der Waals surface area contributed by atoms with Crippen LogP contribution in [-0.4, -0.2) is 55.0 Å². The van der Waals surface area contributed by atoms with Crippen molar-refractivity contribution in [2.24, 2.45) is 0 Å². The van der Waals surface area contributed by atoms with E-state index in [0.717, 1.165) is 4.47 Å². The third kappa shape index (κ3) is 4.47. The summed E-state index contributed by atoms with van der Waals surface area (Å²) < 4.78 is 11.1. The number of halogens is 1. The normalized spacial score (nSPS) is 18.5. The molecule has 0 radical (unpaired) electrons. The van der Waals surface area contributed by atoms with E-state index in [1.165, 1.54) is 12.0 Å². The molecule has 0 unspecified atom stereocenters. The summed E-state index contributed by atoms with van der Waals surface area (Å²) in [5.74, 6) is -0.709. The van der Waals surface area contributed by atoms with Crippen molar-refractivity contribution in [3.63, 3.8) is 0 Å². The molecule has 2 atom stereocenters. The summed E-state index contributed by atoms with van der Waals surface area (Å²) in [7, 11) is 1.24. The molecule has 1 aliphatic rings. The lowest BCUT2D eigenvalue weighted by atomic mass is 10.1. The average Bonchev–Trinajstić information content (AvgIpc) is 2.57. The minimum absolute atomic E-state index is 0.181. The van der Waals surface area contributed by atoms with E-state index in [9.17, 15) is 14.4 Å². The first kappa shape index (κ1) is 18.3. The Hall–Kier alpha value is -2.09. The predicted molar refractivity (Wildman–Crippen MR) is 89.4 cm³/mol. The Morgan fingerprint density at radius 1 is 1.38 bits per heavy atom. The van der Waals surface area contributed by atoms with Gasteiger partial charge in [-0.15, -0.1) is 0 Å². The number of nitrogens with zero attached hydrogens (tertiary/aromatic N) is 1. The Balaban J connectivity index is 2.07. The summed E-state index contributed by atoms with van der Waals surface area (Å²) in [6.45, 7) is 2.28. The maximum atomic E-state index is 12.7. The highest BCUT2D eigenvalue weighted by molar-refractivity contribution is 9.10. The van der Waals surface area contributed by atoms with Crippen molar-refractivity contribution in [2.75, 3.05) is 20.2 Å². The molecule has 2 rings (SSSR count). The summed E-state index contributed by atoms with van der Waals surface area (Å²) in [5, 5.41) is 2.65. The molecule has 1 fully saturated rings. The van der Waals surface area contributed by atoms with Gasteiger partial charge in [0.05, 0.1) is 13.5 Å². The number of piperazine rings is 1. The molecular weight excluding hydrogens is 380 g/mol. The smallest absolute Gasteiger partial charge is 0.308 e. The second-order valence-electron chi connectivity index (χ2n) is 5.33. The lowest BCUT2D eigenvalue weighted by Crippen LogP contribution is -2.60. The topological polar surface area (TPSA) is 84.9 Å². The van der Waals surface area contributed by atoms with Crippen molar-refractivity contribution in [1.29, 1.82) is 0 Å². The number of hydrogen-bond acceptors (Lipinski definition) is 5. The highest BCUT2D eigenvalue weighted by atomic mass is 79.9. The lowest BCUT2D eigenvalue weighted by Gasteiger charge is -2.35. The minimum Gasteiger partial charge on any atom is -0.481 e. The number of esters is 1. The van der Waals surface area contributed by atoms with Crippen molar-refractivity contribution >= 4 is 33.7 Å². The SMILES string of the molecule is COC(=O)C[C@H]1C(=O)NCCN1C(=O)[C@@H](C)Oc1ccc(Br)cc1. The molecule has 0 spiro atoms. The molecule has 0 aliphatic carbocycles. The Bertz CT molecular complexity index is 619. The van der Waals surface area contributed by atoms with Gasteiger partial charge in [0, 0.05) is 17.6 Å². The van der Waals surface area contributed by atoms with Crippen molar-refractivity contribution in [1.82, 2.24) is 10.2 Å². The van der Waals surface area contributed by atoms with Gasteiger partial charge < -0.3 is 19.7 Å². The molecule has 1 heterocycles. The molecule has 7 nitrogen and oxygen atoms in total. The standard InChI is InChI=1S/C16H19BrN2O5/c1-10(24-12-5-3-11(17)4-6-12)16(22)19-8-7-18-15(21)13(19)9-14(20)23-2/h3-6,10,13H,7-9H2,1-2H3,(H,18,21)/t10-,13+/m1/s1. The highest BCUT2D eigenvalue weighted by Crippen LogP contribution is 2.19. The molecule has 8 heteroatoms. The van der Waals surface area contributed by atoms with Crippen LogP contribution in [0.15, 0.2) is 28.7 Å². The Kier molecular flexibility index (Phi) is 6.19. The van der Waals surface area contributed by atoms with Gasteiger partial charge in [-0.05, 0) is 31.2 Å². The fourth-order valence-corrected chi connectivity index (χ4v) is 2.69. The van der Waals surface area contributed by atoms with Crippen LogP contribution in [0.4, 0.5) is 0 Å². The number of carbonyl (C=O) groups excluding carboxylic acids is 3. The lowest BCUT2D eigenvalue weighted by molar-refractivity contribution is -0.153. The zero-order valence-electron chi connectivity index (χ0n) is 13.5. The first-order chi connectivity index (χ1) is 11.4. The van der Waals surface area contributed by atoms with E-state index in [0.29, 0.717) is 18.8 Å². The van der Waals surface area contributed by atoms with Crippen LogP contribution < -0.4 is 10.1 Å². The monoisotopic (exact) mass is 398 g/mol. The molecule has 0 bridgehead atoms. The van der Waals surface area contributed by atoms with Gasteiger partial charge in [-0.2, -0.15) is 0 Å². The van der Waals surface area contributed by atoms with Crippen LogP contribution in [0.3, 0.4) is 0 Å². The second kappa shape index (κ2) is 8.14. The number of hydrogen-bond donors (Lipinski definition) is 1. The highest BCUT2D eigenvalue weighted by Gasteiger charge is 2.37. The average molecular weight is 399 g/mol. The number of ether oxygens (including phenoxy) is 2. The van der Waals surface area contributed by atoms with Crippen molar-refractivity contribution in [2.45, 2.75) is 25.5 Å². The first-order valence-electron chi connectivity index (χ1n) is 7.49. The summed E-state index contributed by atoms with van der Waals surface area (Å²) in [6, 6.07) is 6.21. The number of benzene rings is 1. The zero-order chi connectivity index (χ0) is 17.7. The van der Waals surface area contributed by atoms with E-state index in [1.807, 2.05) is 0 Å². The maximum absolute atomic E-state index is 12.7. The molecule has 1 aromatic carbocycles. The number of amides is 2. The van der Waals surface area contributed by atoms with Crippen LogP contribution in [0.2, 0.25) is 0 Å². The summed E-state index contributed by atoms with van der Waals surface area (Å²) in [6.07, 6.45) is -0.962. The molecular formula is C16H19BrN2O5. The molecule has 0 aromatic heterocycles. The summed E-state index contributed by atoms with van der Waals surface area (Å²) in [5.41, 5.74) is 0. The molecule has 1 aliphatic heterocycles. The van der Waals surface area contributed by atoms with Gasteiger partial charge in [-0.25, -0.2) is 0 Å². The van der Waals surface area contributed by atoms with Gasteiger partial charge in [-0.1, -0.05) is 15.9 Å². The largest absolute Gasteiger partial charge is 0.481 e. The Labute approximate surface area is 148 Å². The van der Waals surface area contributed by atoms with Gasteiger partial charge >= 0.3 is 5.97 Å². The fourth-order valence-electron chi connectivity index (χ4n) is 2.42. The first-order valence-corrected chi connectivity index (χ1v) is 8.29. The molecule has 2 amide bonds. The molecule has 130 valence electrons. The molecule has 1 saturated heterocycles.